The van der Waals surface area contributed by atoms with Crippen LogP contribution in [0.5, 0.6) is 0 Å². The summed E-state index contributed by atoms with van der Waals surface area (Å²) in [7, 11) is 0. The van der Waals surface area contributed by atoms with Gasteiger partial charge in [-0.15, -0.1) is 0 Å². The third kappa shape index (κ3) is 2.83. The summed E-state index contributed by atoms with van der Waals surface area (Å²) >= 11 is 10.8. The van der Waals surface area contributed by atoms with Crippen LogP contribution < -0.4 is 0 Å². The van der Waals surface area contributed by atoms with E-state index in [9.17, 15) is 4.21 Å². The second-order valence-corrected chi connectivity index (χ2v) is 5.79. The molecule has 0 radical (unpaired) electrons. The Morgan fingerprint density at radius 2 is 2.12 bits per heavy atom. The lowest BCUT2D eigenvalue weighted by Gasteiger charge is -2.19. The van der Waals surface area contributed by atoms with Gasteiger partial charge in [0.25, 0.3) is 0 Å². The van der Waals surface area contributed by atoms with Gasteiger partial charge in [0.05, 0.1) is 6.61 Å². The molecule has 0 aromatic heterocycles. The van der Waals surface area contributed by atoms with Crippen LogP contribution in [0, 0.1) is 0 Å². The lowest BCUT2D eigenvalue weighted by Crippen LogP contribution is -2.30. The quantitative estimate of drug-likeness (QED) is 0.857. The average molecular weight is 294 g/mol. The number of nitrogens with zero attached hydrogens (tertiary/aromatic N) is 1. The summed E-state index contributed by atoms with van der Waals surface area (Å²) in [5.41, 5.74) is 0.799. The minimum atomic E-state index is -1.39. The monoisotopic (exact) mass is 293 g/mol. The predicted molar refractivity (Wildman–Crippen MR) is 70.2 cm³/mol. The van der Waals surface area contributed by atoms with E-state index in [4.69, 9.17) is 27.4 Å². The molecule has 1 fully saturated rings. The van der Waals surface area contributed by atoms with Gasteiger partial charge in [-0.3, -0.25) is 4.18 Å². The van der Waals surface area contributed by atoms with Crippen molar-refractivity contribution in [2.75, 3.05) is 6.61 Å². The molecule has 6 heteroatoms. The highest BCUT2D eigenvalue weighted by Crippen LogP contribution is 2.29. The highest BCUT2D eigenvalue weighted by Gasteiger charge is 2.31. The Balaban J connectivity index is 2.22. The van der Waals surface area contributed by atoms with Crippen molar-refractivity contribution in [2.24, 2.45) is 0 Å². The first-order chi connectivity index (χ1) is 8.13. The van der Waals surface area contributed by atoms with Crippen LogP contribution in [-0.2, 0) is 22.0 Å². The van der Waals surface area contributed by atoms with Gasteiger partial charge in [-0.2, -0.15) is 4.31 Å². The van der Waals surface area contributed by atoms with E-state index in [0.29, 0.717) is 23.2 Å². The fourth-order valence-corrected chi connectivity index (χ4v) is 3.37. The zero-order valence-corrected chi connectivity index (χ0v) is 11.7. The Morgan fingerprint density at radius 1 is 1.47 bits per heavy atom. The molecule has 0 spiro atoms. The topological polar surface area (TPSA) is 29.5 Å². The van der Waals surface area contributed by atoms with Crippen molar-refractivity contribution in [3.8, 4) is 0 Å². The van der Waals surface area contributed by atoms with Crippen molar-refractivity contribution in [3.05, 3.63) is 33.8 Å². The standard InChI is InChI=1S/C11H13Cl2NO2S/c1-2-8-7-16-17(15)14(8)6-9-10(12)4-3-5-11(9)13/h3-5,8H,2,6-7H2,1H3. The molecule has 0 aliphatic carbocycles. The van der Waals surface area contributed by atoms with E-state index in [1.54, 1.807) is 22.5 Å². The van der Waals surface area contributed by atoms with E-state index in [2.05, 4.69) is 0 Å². The van der Waals surface area contributed by atoms with Crippen LogP contribution in [0.15, 0.2) is 18.2 Å². The molecule has 0 bridgehead atoms. The first-order valence-electron chi connectivity index (χ1n) is 5.38. The molecule has 3 nitrogen and oxygen atoms in total. The number of hydrogen-bond donors (Lipinski definition) is 0. The predicted octanol–water partition coefficient (Wildman–Crippen LogP) is 3.18. The summed E-state index contributed by atoms with van der Waals surface area (Å²) in [5.74, 6) is 0. The molecular weight excluding hydrogens is 281 g/mol. The molecule has 94 valence electrons. The van der Waals surface area contributed by atoms with E-state index >= 15 is 0 Å². The summed E-state index contributed by atoms with van der Waals surface area (Å²) in [6, 6.07) is 5.51. The molecule has 2 unspecified atom stereocenters. The van der Waals surface area contributed by atoms with E-state index in [1.165, 1.54) is 0 Å². The van der Waals surface area contributed by atoms with Crippen molar-refractivity contribution in [1.82, 2.24) is 4.31 Å². The lowest BCUT2D eigenvalue weighted by atomic mass is 10.2. The van der Waals surface area contributed by atoms with Gasteiger partial charge >= 0.3 is 0 Å². The van der Waals surface area contributed by atoms with Gasteiger partial charge in [-0.1, -0.05) is 36.2 Å². The molecule has 0 amide bonds. The molecule has 1 saturated heterocycles. The molecule has 2 rings (SSSR count). The minimum Gasteiger partial charge on any atom is -0.276 e. The summed E-state index contributed by atoms with van der Waals surface area (Å²) in [6.45, 7) is 2.98. The molecule has 0 N–H and O–H groups in total. The zero-order chi connectivity index (χ0) is 12.4. The van der Waals surface area contributed by atoms with Crippen LogP contribution in [-0.4, -0.2) is 21.2 Å². The molecule has 2 atom stereocenters. The molecule has 0 saturated carbocycles. The van der Waals surface area contributed by atoms with Crippen molar-refractivity contribution in [2.45, 2.75) is 25.9 Å². The summed E-state index contributed by atoms with van der Waals surface area (Å²) in [5, 5.41) is 1.19. The summed E-state index contributed by atoms with van der Waals surface area (Å²) in [4.78, 5) is 0. The smallest absolute Gasteiger partial charge is 0.237 e. The Kier molecular flexibility index (Phi) is 4.44. The van der Waals surface area contributed by atoms with Crippen LogP contribution >= 0.6 is 23.2 Å². The zero-order valence-electron chi connectivity index (χ0n) is 9.36. The number of rotatable bonds is 3. The van der Waals surface area contributed by atoms with Crippen LogP contribution in [0.4, 0.5) is 0 Å². The molecule has 1 aliphatic heterocycles. The van der Waals surface area contributed by atoms with Gasteiger partial charge in [0.15, 0.2) is 0 Å². The number of benzene rings is 1. The number of hydrogen-bond acceptors (Lipinski definition) is 2. The third-order valence-corrected chi connectivity index (χ3v) is 4.66. The Morgan fingerprint density at radius 3 is 2.71 bits per heavy atom. The van der Waals surface area contributed by atoms with Crippen LogP contribution in [0.2, 0.25) is 10.0 Å². The lowest BCUT2D eigenvalue weighted by molar-refractivity contribution is 0.301. The van der Waals surface area contributed by atoms with Crippen molar-refractivity contribution >= 4 is 34.5 Å². The average Bonchev–Trinajstić information content (AvgIpc) is 2.65. The highest BCUT2D eigenvalue weighted by atomic mass is 35.5. The fourth-order valence-electron chi connectivity index (χ4n) is 1.75. The van der Waals surface area contributed by atoms with Gasteiger partial charge in [0, 0.05) is 28.2 Å². The third-order valence-electron chi connectivity index (χ3n) is 2.81. The van der Waals surface area contributed by atoms with Crippen molar-refractivity contribution < 1.29 is 8.39 Å². The Bertz CT molecular complexity index is 421. The molecule has 1 aromatic carbocycles. The van der Waals surface area contributed by atoms with Crippen LogP contribution in [0.25, 0.3) is 0 Å². The molecule has 17 heavy (non-hydrogen) atoms. The fraction of sp³-hybridized carbons (Fsp3) is 0.455. The van der Waals surface area contributed by atoms with E-state index in [0.717, 1.165) is 12.0 Å². The highest BCUT2D eigenvalue weighted by molar-refractivity contribution is 7.77. The molecule has 1 aromatic rings. The van der Waals surface area contributed by atoms with Gasteiger partial charge in [0.1, 0.15) is 0 Å². The first-order valence-corrected chi connectivity index (χ1v) is 7.17. The van der Waals surface area contributed by atoms with E-state index < -0.39 is 11.3 Å². The Labute approximate surface area is 113 Å². The van der Waals surface area contributed by atoms with E-state index in [-0.39, 0.29) is 6.04 Å². The second-order valence-electron chi connectivity index (χ2n) is 3.84. The minimum absolute atomic E-state index is 0.156. The first kappa shape index (κ1) is 13.3. The maximum atomic E-state index is 11.7. The summed E-state index contributed by atoms with van der Waals surface area (Å²) in [6.07, 6.45) is 0.883. The summed E-state index contributed by atoms with van der Waals surface area (Å²) < 4.78 is 18.6. The number of halogens is 2. The normalized spacial score (nSPS) is 25.4. The van der Waals surface area contributed by atoms with Crippen LogP contribution in [0.1, 0.15) is 18.9 Å². The maximum Gasteiger partial charge on any atom is 0.237 e. The SMILES string of the molecule is CCC1COS(=O)N1Cc1c(Cl)cccc1Cl. The Hall–Kier alpha value is -0.130. The van der Waals surface area contributed by atoms with Crippen molar-refractivity contribution in [1.29, 1.82) is 0 Å². The maximum absolute atomic E-state index is 11.7. The molecular formula is C11H13Cl2NO2S. The van der Waals surface area contributed by atoms with Gasteiger partial charge in [-0.05, 0) is 18.6 Å². The largest absolute Gasteiger partial charge is 0.276 e. The van der Waals surface area contributed by atoms with E-state index in [1.807, 2.05) is 6.92 Å². The van der Waals surface area contributed by atoms with Crippen molar-refractivity contribution in [3.63, 3.8) is 0 Å². The molecule has 1 heterocycles. The second kappa shape index (κ2) is 5.67. The van der Waals surface area contributed by atoms with Crippen LogP contribution in [0.3, 0.4) is 0 Å². The van der Waals surface area contributed by atoms with Gasteiger partial charge in [-0.25, -0.2) is 4.21 Å². The van der Waals surface area contributed by atoms with Gasteiger partial charge in [0.2, 0.25) is 11.3 Å². The van der Waals surface area contributed by atoms with Gasteiger partial charge < -0.3 is 0 Å². The molecule has 1 aliphatic rings.